The third kappa shape index (κ3) is 4.68. The minimum Gasteiger partial charge on any atom is -0.465 e. The zero-order chi connectivity index (χ0) is 20.2. The van der Waals surface area contributed by atoms with Gasteiger partial charge in [-0.3, -0.25) is 9.59 Å². The number of ether oxygens (including phenoxy) is 2. The summed E-state index contributed by atoms with van der Waals surface area (Å²) in [5.41, 5.74) is 1.42. The second-order valence-corrected chi connectivity index (χ2v) is 7.89. The Labute approximate surface area is 177 Å². The van der Waals surface area contributed by atoms with Gasteiger partial charge in [-0.1, -0.05) is 23.7 Å². The van der Waals surface area contributed by atoms with Gasteiger partial charge in [0.05, 0.1) is 11.7 Å². The summed E-state index contributed by atoms with van der Waals surface area (Å²) in [5.74, 6) is 0.231. The summed E-state index contributed by atoms with van der Waals surface area (Å²) in [7, 11) is 0. The molecule has 1 aromatic heterocycles. The van der Waals surface area contributed by atoms with Crippen LogP contribution < -0.4 is 4.74 Å². The smallest absolute Gasteiger partial charge is 0.260 e. The first-order valence-electron chi connectivity index (χ1n) is 9.51. The van der Waals surface area contributed by atoms with Crippen LogP contribution in [0.3, 0.4) is 0 Å². The van der Waals surface area contributed by atoms with E-state index >= 15 is 0 Å². The van der Waals surface area contributed by atoms with Crippen molar-refractivity contribution in [3.63, 3.8) is 0 Å². The molecule has 0 aliphatic carbocycles. The van der Waals surface area contributed by atoms with Gasteiger partial charge < -0.3 is 19.3 Å². The molecule has 0 spiro atoms. The van der Waals surface area contributed by atoms with Gasteiger partial charge in [-0.25, -0.2) is 0 Å². The Morgan fingerprint density at radius 3 is 2.55 bits per heavy atom. The van der Waals surface area contributed by atoms with Gasteiger partial charge in [-0.2, -0.15) is 4.37 Å². The highest BCUT2D eigenvalue weighted by molar-refractivity contribution is 6.99. The Kier molecular flexibility index (Phi) is 6.27. The highest BCUT2D eigenvalue weighted by Crippen LogP contribution is 2.28. The van der Waals surface area contributed by atoms with Crippen molar-refractivity contribution in [2.45, 2.75) is 18.9 Å². The summed E-state index contributed by atoms with van der Waals surface area (Å²) in [5, 5.41) is 0.631. The van der Waals surface area contributed by atoms with Crippen LogP contribution >= 0.6 is 23.3 Å². The van der Waals surface area contributed by atoms with Gasteiger partial charge in [0.1, 0.15) is 11.8 Å². The van der Waals surface area contributed by atoms with Gasteiger partial charge in [-0.05, 0) is 25.0 Å². The van der Waals surface area contributed by atoms with Crippen molar-refractivity contribution in [1.82, 2.24) is 18.5 Å². The number of carbonyl (C=O) groups is 2. The Bertz CT molecular complexity index is 861. The summed E-state index contributed by atoms with van der Waals surface area (Å²) in [4.78, 5) is 28.4. The predicted octanol–water partition coefficient (Wildman–Crippen LogP) is 2.09. The van der Waals surface area contributed by atoms with Crippen LogP contribution in [0.2, 0.25) is 5.02 Å². The average Bonchev–Trinajstić information content (AvgIpc) is 3.44. The molecule has 4 rings (SSSR count). The van der Waals surface area contributed by atoms with E-state index in [1.54, 1.807) is 21.9 Å². The number of hydrogen-bond donors (Lipinski definition) is 0. The maximum absolute atomic E-state index is 12.5. The van der Waals surface area contributed by atoms with Crippen LogP contribution in [0, 0.1) is 0 Å². The van der Waals surface area contributed by atoms with Crippen molar-refractivity contribution in [3.05, 3.63) is 29.3 Å². The van der Waals surface area contributed by atoms with Crippen molar-refractivity contribution in [1.29, 1.82) is 0 Å². The SMILES string of the molecule is O=C(COc1nsnc1-c1ccc(Cl)cc1)N1CCN(C(=O)C2CCCO2)CC1. The van der Waals surface area contributed by atoms with Crippen LogP contribution in [-0.2, 0) is 14.3 Å². The topological polar surface area (TPSA) is 84.9 Å². The molecule has 1 aromatic carbocycles. The minimum atomic E-state index is -0.316. The highest BCUT2D eigenvalue weighted by Gasteiger charge is 2.31. The van der Waals surface area contributed by atoms with E-state index in [2.05, 4.69) is 8.75 Å². The highest BCUT2D eigenvalue weighted by atomic mass is 35.5. The molecule has 3 heterocycles. The fourth-order valence-electron chi connectivity index (χ4n) is 3.43. The second-order valence-electron chi connectivity index (χ2n) is 6.92. The Morgan fingerprint density at radius 2 is 1.86 bits per heavy atom. The minimum absolute atomic E-state index is 0.0343. The van der Waals surface area contributed by atoms with Crippen LogP contribution in [-0.4, -0.2) is 75.9 Å². The molecule has 2 fully saturated rings. The first-order chi connectivity index (χ1) is 14.1. The van der Waals surface area contributed by atoms with Crippen molar-refractivity contribution in [2.75, 3.05) is 39.4 Å². The molecule has 10 heteroatoms. The molecule has 1 atom stereocenters. The number of benzene rings is 1. The summed E-state index contributed by atoms with van der Waals surface area (Å²) >= 11 is 6.95. The standard InChI is InChI=1S/C19H21ClN4O4S/c20-14-5-3-13(4-6-14)17-18(22-29-21-17)28-12-16(25)23-7-9-24(10-8-23)19(26)15-2-1-11-27-15/h3-6,15H,1-2,7-12H2. The Balaban J connectivity index is 1.28. The van der Waals surface area contributed by atoms with E-state index in [4.69, 9.17) is 21.1 Å². The number of rotatable bonds is 5. The van der Waals surface area contributed by atoms with Gasteiger partial charge in [0.25, 0.3) is 17.7 Å². The molecule has 2 amide bonds. The molecular formula is C19H21ClN4O4S. The number of nitrogens with zero attached hydrogens (tertiary/aromatic N) is 4. The van der Waals surface area contributed by atoms with E-state index in [0.29, 0.717) is 49.4 Å². The fourth-order valence-corrected chi connectivity index (χ4v) is 4.08. The van der Waals surface area contributed by atoms with Gasteiger partial charge in [0.15, 0.2) is 6.61 Å². The average molecular weight is 437 g/mol. The van der Waals surface area contributed by atoms with E-state index < -0.39 is 0 Å². The van der Waals surface area contributed by atoms with Gasteiger partial charge >= 0.3 is 0 Å². The largest absolute Gasteiger partial charge is 0.465 e. The number of carbonyl (C=O) groups excluding carboxylic acids is 2. The zero-order valence-corrected chi connectivity index (χ0v) is 17.3. The van der Waals surface area contributed by atoms with Crippen LogP contribution in [0.25, 0.3) is 11.3 Å². The molecule has 0 bridgehead atoms. The normalized spacial score (nSPS) is 19.4. The van der Waals surface area contributed by atoms with Crippen LogP contribution in [0.1, 0.15) is 12.8 Å². The van der Waals surface area contributed by atoms with Crippen molar-refractivity contribution in [3.8, 4) is 17.1 Å². The molecule has 8 nitrogen and oxygen atoms in total. The van der Waals surface area contributed by atoms with E-state index in [1.165, 1.54) is 0 Å². The lowest BCUT2D eigenvalue weighted by molar-refractivity contribution is -0.146. The van der Waals surface area contributed by atoms with Crippen LogP contribution in [0.5, 0.6) is 5.88 Å². The molecule has 0 radical (unpaired) electrons. The van der Waals surface area contributed by atoms with Gasteiger partial charge in [0.2, 0.25) is 0 Å². The molecule has 2 aromatic rings. The molecule has 29 heavy (non-hydrogen) atoms. The maximum atomic E-state index is 12.5. The summed E-state index contributed by atoms with van der Waals surface area (Å²) in [6, 6.07) is 7.20. The second kappa shape index (κ2) is 9.06. The van der Waals surface area contributed by atoms with Crippen molar-refractivity contribution in [2.24, 2.45) is 0 Å². The van der Waals surface area contributed by atoms with E-state index in [-0.39, 0.29) is 24.5 Å². The van der Waals surface area contributed by atoms with Crippen molar-refractivity contribution < 1.29 is 19.1 Å². The van der Waals surface area contributed by atoms with Gasteiger partial charge in [-0.15, -0.1) is 4.37 Å². The monoisotopic (exact) mass is 436 g/mol. The number of hydrogen-bond acceptors (Lipinski definition) is 7. The van der Waals surface area contributed by atoms with Crippen LogP contribution in [0.4, 0.5) is 0 Å². The predicted molar refractivity (Wildman–Crippen MR) is 108 cm³/mol. The fraction of sp³-hybridized carbons (Fsp3) is 0.474. The lowest BCUT2D eigenvalue weighted by atomic mass is 10.2. The summed E-state index contributed by atoms with van der Waals surface area (Å²) in [6.45, 7) is 2.53. The Morgan fingerprint density at radius 1 is 1.14 bits per heavy atom. The summed E-state index contributed by atoms with van der Waals surface area (Å²) in [6.07, 6.45) is 1.39. The third-order valence-electron chi connectivity index (χ3n) is 5.06. The number of halogens is 1. The zero-order valence-electron chi connectivity index (χ0n) is 15.8. The lowest BCUT2D eigenvalue weighted by Crippen LogP contribution is -2.53. The summed E-state index contributed by atoms with van der Waals surface area (Å²) < 4.78 is 19.5. The lowest BCUT2D eigenvalue weighted by Gasteiger charge is -2.35. The Hall–Kier alpha value is -2.23. The molecule has 154 valence electrons. The molecule has 0 saturated carbocycles. The molecule has 1 unspecified atom stereocenters. The van der Waals surface area contributed by atoms with Crippen molar-refractivity contribution >= 4 is 35.1 Å². The number of amides is 2. The van der Waals surface area contributed by atoms with Crippen LogP contribution in [0.15, 0.2) is 24.3 Å². The number of aromatic nitrogens is 2. The first kappa shape index (κ1) is 20.1. The van der Waals surface area contributed by atoms with Gasteiger partial charge in [0, 0.05) is 43.4 Å². The maximum Gasteiger partial charge on any atom is 0.260 e. The van der Waals surface area contributed by atoms with E-state index in [0.717, 1.165) is 30.1 Å². The molecule has 2 saturated heterocycles. The van der Waals surface area contributed by atoms with E-state index in [9.17, 15) is 9.59 Å². The molecular weight excluding hydrogens is 416 g/mol. The molecule has 2 aliphatic heterocycles. The third-order valence-corrected chi connectivity index (χ3v) is 5.82. The number of piperazine rings is 1. The molecule has 2 aliphatic rings. The quantitative estimate of drug-likeness (QED) is 0.713. The van der Waals surface area contributed by atoms with E-state index in [1.807, 2.05) is 12.1 Å². The first-order valence-corrected chi connectivity index (χ1v) is 10.6. The molecule has 0 N–H and O–H groups in total.